The number of hydrogen-bond donors (Lipinski definition) is 0. The first-order chi connectivity index (χ1) is 40.0. The molecule has 0 aliphatic rings. The lowest BCUT2D eigenvalue weighted by Crippen LogP contribution is -2.30. The normalized spacial score (nSPS) is 12.3. The lowest BCUT2D eigenvalue weighted by Gasteiger charge is -2.18. The molecule has 0 spiro atoms. The quantitative estimate of drug-likeness (QED) is 0.0261. The van der Waals surface area contributed by atoms with Crippen LogP contribution in [0, 0.1) is 0 Å². The average molecular weight is 1140 g/mol. The molecule has 0 heterocycles. The van der Waals surface area contributed by atoms with Gasteiger partial charge in [-0.15, -0.1) is 0 Å². The van der Waals surface area contributed by atoms with Crippen LogP contribution in [-0.2, 0) is 28.6 Å². The molecule has 0 saturated carbocycles. The predicted octanol–water partition coefficient (Wildman–Crippen LogP) is 24.9. The minimum atomic E-state index is -0.769. The fourth-order valence-corrected chi connectivity index (χ4v) is 11.0. The largest absolute Gasteiger partial charge is 0.462 e. The van der Waals surface area contributed by atoms with Crippen molar-refractivity contribution in [3.05, 3.63) is 48.6 Å². The van der Waals surface area contributed by atoms with E-state index >= 15 is 0 Å². The molecular weight excluding hydrogens is 997 g/mol. The van der Waals surface area contributed by atoms with Gasteiger partial charge in [0.15, 0.2) is 6.10 Å². The summed E-state index contributed by atoms with van der Waals surface area (Å²) in [7, 11) is 0. The molecule has 0 aromatic rings. The van der Waals surface area contributed by atoms with Crippen molar-refractivity contribution in [1.29, 1.82) is 0 Å². The van der Waals surface area contributed by atoms with E-state index in [-0.39, 0.29) is 31.1 Å². The van der Waals surface area contributed by atoms with Gasteiger partial charge in [-0.05, 0) is 57.8 Å². The van der Waals surface area contributed by atoms with Crippen LogP contribution in [0.15, 0.2) is 48.6 Å². The summed E-state index contributed by atoms with van der Waals surface area (Å²) in [5.41, 5.74) is 0. The van der Waals surface area contributed by atoms with Gasteiger partial charge in [-0.25, -0.2) is 0 Å². The maximum Gasteiger partial charge on any atom is 0.306 e. The molecule has 0 fully saturated rings. The van der Waals surface area contributed by atoms with Gasteiger partial charge in [0.2, 0.25) is 0 Å². The second kappa shape index (κ2) is 69.9. The highest BCUT2D eigenvalue weighted by atomic mass is 16.6. The second-order valence-corrected chi connectivity index (χ2v) is 24.5. The van der Waals surface area contributed by atoms with Crippen molar-refractivity contribution in [2.45, 2.75) is 399 Å². The van der Waals surface area contributed by atoms with Gasteiger partial charge in [-0.1, -0.05) is 365 Å². The molecule has 0 amide bonds. The highest BCUT2D eigenvalue weighted by molar-refractivity contribution is 5.71. The second-order valence-electron chi connectivity index (χ2n) is 24.5. The summed E-state index contributed by atoms with van der Waals surface area (Å²) in [5, 5.41) is 0. The van der Waals surface area contributed by atoms with E-state index in [1.54, 1.807) is 0 Å². The molecule has 0 N–H and O–H groups in total. The summed E-state index contributed by atoms with van der Waals surface area (Å²) < 4.78 is 17.0. The molecule has 0 aliphatic carbocycles. The molecule has 0 bridgehead atoms. The van der Waals surface area contributed by atoms with Crippen molar-refractivity contribution >= 4 is 17.9 Å². The van der Waals surface area contributed by atoms with E-state index in [4.69, 9.17) is 14.2 Å². The molecule has 0 aromatic carbocycles. The molecule has 81 heavy (non-hydrogen) atoms. The number of carbonyl (C=O) groups excluding carboxylic acids is 3. The van der Waals surface area contributed by atoms with Crippen molar-refractivity contribution < 1.29 is 28.6 Å². The standard InChI is InChI=1S/C75H138O6/c1-4-7-10-13-16-19-22-25-27-29-31-33-34-35-36-37-38-39-40-42-43-45-47-50-53-56-59-62-65-68-74(77)80-71-72(70-79-73(76)67-64-61-58-55-52-49-24-21-18-15-12-9-6-3)81-75(78)69-66-63-60-57-54-51-48-46-44-41-32-30-28-26-23-20-17-14-11-8-5-2/h7,10,16,19,25,27,31,33,72H,4-6,8-9,11-15,17-18,20-24,26,28-30,32,34-71H2,1-3H3/b10-7-,19-16-,27-25-,33-31-. The van der Waals surface area contributed by atoms with Crippen LogP contribution in [0.4, 0.5) is 0 Å². The fourth-order valence-electron chi connectivity index (χ4n) is 11.0. The Bertz CT molecular complexity index is 1400. The predicted molar refractivity (Wildman–Crippen MR) is 353 cm³/mol. The van der Waals surface area contributed by atoms with Crippen molar-refractivity contribution in [2.24, 2.45) is 0 Å². The smallest absolute Gasteiger partial charge is 0.306 e. The van der Waals surface area contributed by atoms with Gasteiger partial charge >= 0.3 is 17.9 Å². The Balaban J connectivity index is 4.19. The first-order valence-corrected chi connectivity index (χ1v) is 36.1. The molecule has 474 valence electrons. The summed E-state index contributed by atoms with van der Waals surface area (Å²) in [6, 6.07) is 0. The summed E-state index contributed by atoms with van der Waals surface area (Å²) in [6.45, 7) is 6.61. The third-order valence-electron chi connectivity index (χ3n) is 16.3. The molecule has 1 unspecified atom stereocenters. The number of unbranched alkanes of at least 4 members (excludes halogenated alkanes) is 48. The number of esters is 3. The molecule has 6 nitrogen and oxygen atoms in total. The molecule has 0 aliphatic heterocycles. The van der Waals surface area contributed by atoms with Crippen LogP contribution in [-0.4, -0.2) is 37.2 Å². The monoisotopic (exact) mass is 1140 g/mol. The first kappa shape index (κ1) is 78.4. The van der Waals surface area contributed by atoms with Gasteiger partial charge in [0, 0.05) is 19.3 Å². The van der Waals surface area contributed by atoms with E-state index in [2.05, 4.69) is 69.4 Å². The number of carbonyl (C=O) groups is 3. The van der Waals surface area contributed by atoms with E-state index in [9.17, 15) is 14.4 Å². The summed E-state index contributed by atoms with van der Waals surface area (Å²) in [4.78, 5) is 38.4. The zero-order valence-corrected chi connectivity index (χ0v) is 54.6. The number of rotatable bonds is 67. The first-order valence-electron chi connectivity index (χ1n) is 36.1. The minimum Gasteiger partial charge on any atom is -0.462 e. The summed E-state index contributed by atoms with van der Waals surface area (Å²) >= 11 is 0. The Morgan fingerprint density at radius 1 is 0.259 bits per heavy atom. The minimum absolute atomic E-state index is 0.0653. The Morgan fingerprint density at radius 3 is 0.753 bits per heavy atom. The van der Waals surface area contributed by atoms with E-state index in [0.717, 1.165) is 83.5 Å². The zero-order chi connectivity index (χ0) is 58.5. The Kier molecular flexibility index (Phi) is 67.6. The highest BCUT2D eigenvalue weighted by Crippen LogP contribution is 2.19. The number of hydrogen-bond acceptors (Lipinski definition) is 6. The van der Waals surface area contributed by atoms with E-state index in [1.165, 1.54) is 270 Å². The Morgan fingerprint density at radius 2 is 0.481 bits per heavy atom. The maximum atomic E-state index is 13.0. The van der Waals surface area contributed by atoms with E-state index in [1.807, 2.05) is 0 Å². The number of allylic oxidation sites excluding steroid dienone is 8. The van der Waals surface area contributed by atoms with E-state index in [0.29, 0.717) is 19.3 Å². The van der Waals surface area contributed by atoms with Crippen LogP contribution < -0.4 is 0 Å². The van der Waals surface area contributed by atoms with Crippen molar-refractivity contribution in [1.82, 2.24) is 0 Å². The van der Waals surface area contributed by atoms with Crippen molar-refractivity contribution in [3.8, 4) is 0 Å². The molecule has 0 radical (unpaired) electrons. The van der Waals surface area contributed by atoms with Gasteiger partial charge in [0.25, 0.3) is 0 Å². The average Bonchev–Trinajstić information content (AvgIpc) is 3.46. The van der Waals surface area contributed by atoms with Crippen LogP contribution >= 0.6 is 0 Å². The fraction of sp³-hybridized carbons (Fsp3) is 0.853. The Hall–Kier alpha value is -2.63. The van der Waals surface area contributed by atoms with Crippen molar-refractivity contribution in [2.75, 3.05) is 13.2 Å². The van der Waals surface area contributed by atoms with Gasteiger partial charge < -0.3 is 14.2 Å². The molecular formula is C75H138O6. The Labute approximate surface area is 505 Å². The van der Waals surface area contributed by atoms with Crippen LogP contribution in [0.1, 0.15) is 393 Å². The third-order valence-corrected chi connectivity index (χ3v) is 16.3. The topological polar surface area (TPSA) is 78.9 Å². The van der Waals surface area contributed by atoms with Crippen LogP contribution in [0.5, 0.6) is 0 Å². The SMILES string of the molecule is CC/C=C\C/C=C\C/C=C\C/C=C\CCCCCCCCCCCCCCCCCCC(=O)OCC(COC(=O)CCCCCCCCCCCCCCC)OC(=O)CCCCCCCCCCCCCCCCCCCCCCC. The third kappa shape index (κ3) is 68.0. The lowest BCUT2D eigenvalue weighted by molar-refractivity contribution is -0.167. The number of ether oxygens (including phenoxy) is 3. The maximum absolute atomic E-state index is 13.0. The molecule has 0 aromatic heterocycles. The van der Waals surface area contributed by atoms with Gasteiger partial charge in [0.1, 0.15) is 13.2 Å². The molecule has 1 atom stereocenters. The lowest BCUT2D eigenvalue weighted by atomic mass is 10.0. The van der Waals surface area contributed by atoms with Crippen LogP contribution in [0.25, 0.3) is 0 Å². The van der Waals surface area contributed by atoms with Gasteiger partial charge in [0.05, 0.1) is 0 Å². The van der Waals surface area contributed by atoms with E-state index < -0.39 is 6.10 Å². The van der Waals surface area contributed by atoms with Crippen molar-refractivity contribution in [3.63, 3.8) is 0 Å². The molecule has 0 saturated heterocycles. The summed E-state index contributed by atoms with van der Waals surface area (Å²) in [5.74, 6) is -0.833. The van der Waals surface area contributed by atoms with Crippen LogP contribution in [0.2, 0.25) is 0 Å². The molecule has 6 heteroatoms. The summed E-state index contributed by atoms with van der Waals surface area (Å²) in [6.07, 6.45) is 88.6. The highest BCUT2D eigenvalue weighted by Gasteiger charge is 2.19. The van der Waals surface area contributed by atoms with Gasteiger partial charge in [-0.2, -0.15) is 0 Å². The zero-order valence-electron chi connectivity index (χ0n) is 54.6. The molecule has 0 rings (SSSR count). The van der Waals surface area contributed by atoms with Gasteiger partial charge in [-0.3, -0.25) is 14.4 Å². The van der Waals surface area contributed by atoms with Crippen LogP contribution in [0.3, 0.4) is 0 Å².